The summed E-state index contributed by atoms with van der Waals surface area (Å²) in [6.45, 7) is 4.72. The molecule has 0 bridgehead atoms. The van der Waals surface area contributed by atoms with Crippen molar-refractivity contribution in [2.45, 2.75) is 32.4 Å². The summed E-state index contributed by atoms with van der Waals surface area (Å²) < 4.78 is 0. The van der Waals surface area contributed by atoms with E-state index in [0.29, 0.717) is 11.9 Å². The highest BCUT2D eigenvalue weighted by atomic mass is 16.2. The second-order valence-electron chi connectivity index (χ2n) is 5.91. The number of nitrogens with one attached hydrogen (secondary N) is 1. The van der Waals surface area contributed by atoms with Crippen LogP contribution in [0.4, 0.5) is 0 Å². The highest BCUT2D eigenvalue weighted by Crippen LogP contribution is 2.16. The molecule has 2 aromatic carbocycles. The van der Waals surface area contributed by atoms with Crippen molar-refractivity contribution in [1.82, 2.24) is 10.2 Å². The van der Waals surface area contributed by atoms with Crippen LogP contribution in [0.5, 0.6) is 0 Å². The summed E-state index contributed by atoms with van der Waals surface area (Å²) in [5.41, 5.74) is 1.29. The zero-order chi connectivity index (χ0) is 14.7. The summed E-state index contributed by atoms with van der Waals surface area (Å²) in [5.74, 6) is 0.300. The van der Waals surface area contributed by atoms with E-state index in [1.807, 2.05) is 4.90 Å². The first kappa shape index (κ1) is 14.1. The number of nitrogens with zero attached hydrogens (tertiary/aromatic N) is 1. The van der Waals surface area contributed by atoms with Crippen molar-refractivity contribution >= 4 is 16.7 Å². The molecule has 1 fully saturated rings. The second kappa shape index (κ2) is 6.27. The minimum Gasteiger partial charge on any atom is -0.341 e. The van der Waals surface area contributed by atoms with Gasteiger partial charge in [-0.05, 0) is 35.7 Å². The van der Waals surface area contributed by atoms with Gasteiger partial charge in [-0.15, -0.1) is 0 Å². The van der Waals surface area contributed by atoms with E-state index in [-0.39, 0.29) is 0 Å². The molecule has 21 heavy (non-hydrogen) atoms. The average Bonchev–Trinajstić information content (AvgIpc) is 2.90. The van der Waals surface area contributed by atoms with Crippen LogP contribution in [0.15, 0.2) is 42.5 Å². The standard InChI is InChI=1S/C18H22N2O/c1-14(13-20-10-4-7-18(20)21)19-12-15-8-9-16-5-2-3-6-17(16)11-15/h2-3,5-6,8-9,11,14,19H,4,7,10,12-13H2,1H3. The fourth-order valence-corrected chi connectivity index (χ4v) is 2.93. The molecule has 1 N–H and O–H groups in total. The Balaban J connectivity index is 1.56. The molecule has 2 aromatic rings. The molecule has 0 aromatic heterocycles. The first-order valence-corrected chi connectivity index (χ1v) is 7.71. The lowest BCUT2D eigenvalue weighted by Gasteiger charge is -2.21. The fraction of sp³-hybridized carbons (Fsp3) is 0.389. The number of hydrogen-bond acceptors (Lipinski definition) is 2. The highest BCUT2D eigenvalue weighted by molar-refractivity contribution is 5.83. The molecule has 1 aliphatic rings. The van der Waals surface area contributed by atoms with Gasteiger partial charge in [-0.25, -0.2) is 0 Å². The van der Waals surface area contributed by atoms with Crippen LogP contribution in [-0.2, 0) is 11.3 Å². The molecule has 1 heterocycles. The highest BCUT2D eigenvalue weighted by Gasteiger charge is 2.21. The van der Waals surface area contributed by atoms with Crippen molar-refractivity contribution < 1.29 is 4.79 Å². The van der Waals surface area contributed by atoms with E-state index in [0.717, 1.165) is 32.5 Å². The van der Waals surface area contributed by atoms with Crippen molar-refractivity contribution in [1.29, 1.82) is 0 Å². The summed E-state index contributed by atoms with van der Waals surface area (Å²) in [6, 6.07) is 15.3. The quantitative estimate of drug-likeness (QED) is 0.914. The Labute approximate surface area is 125 Å². The molecule has 1 aliphatic heterocycles. The van der Waals surface area contributed by atoms with Crippen LogP contribution in [0.3, 0.4) is 0 Å². The third-order valence-electron chi connectivity index (χ3n) is 4.13. The maximum absolute atomic E-state index is 11.6. The first-order valence-electron chi connectivity index (χ1n) is 7.71. The number of carbonyl (C=O) groups excluding carboxylic acids is 1. The maximum atomic E-state index is 11.6. The van der Waals surface area contributed by atoms with Gasteiger partial charge < -0.3 is 10.2 Å². The van der Waals surface area contributed by atoms with Gasteiger partial charge >= 0.3 is 0 Å². The molecule has 1 amide bonds. The predicted molar refractivity (Wildman–Crippen MR) is 86.1 cm³/mol. The maximum Gasteiger partial charge on any atom is 0.222 e. The molecule has 3 rings (SSSR count). The summed E-state index contributed by atoms with van der Waals surface area (Å²) >= 11 is 0. The SMILES string of the molecule is CC(CN1CCCC1=O)NCc1ccc2ccccc2c1. The largest absolute Gasteiger partial charge is 0.341 e. The summed E-state index contributed by atoms with van der Waals surface area (Å²) in [7, 11) is 0. The number of hydrogen-bond donors (Lipinski definition) is 1. The van der Waals surface area contributed by atoms with E-state index < -0.39 is 0 Å². The van der Waals surface area contributed by atoms with Crippen molar-refractivity contribution in [2.75, 3.05) is 13.1 Å². The predicted octanol–water partition coefficient (Wildman–Crippen LogP) is 2.94. The molecule has 110 valence electrons. The smallest absolute Gasteiger partial charge is 0.222 e. The van der Waals surface area contributed by atoms with Crippen LogP contribution < -0.4 is 5.32 Å². The zero-order valence-electron chi connectivity index (χ0n) is 12.5. The Morgan fingerprint density at radius 1 is 1.19 bits per heavy atom. The van der Waals surface area contributed by atoms with E-state index in [1.165, 1.54) is 16.3 Å². The van der Waals surface area contributed by atoms with Crippen LogP contribution in [0.25, 0.3) is 10.8 Å². The molecule has 3 heteroatoms. The molecule has 0 spiro atoms. The monoisotopic (exact) mass is 282 g/mol. The molecule has 0 radical (unpaired) electrons. The Hall–Kier alpha value is -1.87. The number of fused-ring (bicyclic) bond motifs is 1. The van der Waals surface area contributed by atoms with Crippen LogP contribution in [0.2, 0.25) is 0 Å². The summed E-state index contributed by atoms with van der Waals surface area (Å²) in [5, 5.41) is 6.07. The van der Waals surface area contributed by atoms with Crippen molar-refractivity contribution in [2.24, 2.45) is 0 Å². The number of carbonyl (C=O) groups is 1. The first-order chi connectivity index (χ1) is 10.2. The molecule has 3 nitrogen and oxygen atoms in total. The van der Waals surface area contributed by atoms with Gasteiger partial charge in [-0.3, -0.25) is 4.79 Å². The van der Waals surface area contributed by atoms with Crippen LogP contribution in [-0.4, -0.2) is 29.9 Å². The number of benzene rings is 2. The van der Waals surface area contributed by atoms with E-state index in [2.05, 4.69) is 54.7 Å². The topological polar surface area (TPSA) is 32.3 Å². The van der Waals surface area contributed by atoms with Gasteiger partial charge in [-0.1, -0.05) is 36.4 Å². The van der Waals surface area contributed by atoms with Gasteiger partial charge in [0.05, 0.1) is 0 Å². The summed E-state index contributed by atoms with van der Waals surface area (Å²) in [6.07, 6.45) is 1.73. The normalized spacial score (nSPS) is 16.6. The van der Waals surface area contributed by atoms with E-state index in [9.17, 15) is 4.79 Å². The van der Waals surface area contributed by atoms with Crippen molar-refractivity contribution in [3.63, 3.8) is 0 Å². The average molecular weight is 282 g/mol. The lowest BCUT2D eigenvalue weighted by atomic mass is 10.1. The van der Waals surface area contributed by atoms with Crippen LogP contribution in [0, 0.1) is 0 Å². The third-order valence-corrected chi connectivity index (χ3v) is 4.13. The number of rotatable bonds is 5. The van der Waals surface area contributed by atoms with Gasteiger partial charge in [0.2, 0.25) is 5.91 Å². The van der Waals surface area contributed by atoms with E-state index >= 15 is 0 Å². The zero-order valence-corrected chi connectivity index (χ0v) is 12.5. The van der Waals surface area contributed by atoms with Gasteiger partial charge in [-0.2, -0.15) is 0 Å². The molecule has 0 aliphatic carbocycles. The third kappa shape index (κ3) is 3.42. The van der Waals surface area contributed by atoms with Crippen LogP contribution >= 0.6 is 0 Å². The van der Waals surface area contributed by atoms with Gasteiger partial charge in [0.25, 0.3) is 0 Å². The van der Waals surface area contributed by atoms with E-state index in [4.69, 9.17) is 0 Å². The van der Waals surface area contributed by atoms with Gasteiger partial charge in [0.15, 0.2) is 0 Å². The minimum absolute atomic E-state index is 0.300. The van der Waals surface area contributed by atoms with Gasteiger partial charge in [0.1, 0.15) is 0 Å². The molecular formula is C18H22N2O. The molecular weight excluding hydrogens is 260 g/mol. The lowest BCUT2D eigenvalue weighted by Crippen LogP contribution is -2.39. The second-order valence-corrected chi connectivity index (χ2v) is 5.91. The molecule has 1 atom stereocenters. The Bertz CT molecular complexity index is 638. The van der Waals surface area contributed by atoms with Crippen molar-refractivity contribution in [3.8, 4) is 0 Å². The lowest BCUT2D eigenvalue weighted by molar-refractivity contribution is -0.127. The molecule has 1 unspecified atom stereocenters. The van der Waals surface area contributed by atoms with Crippen LogP contribution in [0.1, 0.15) is 25.3 Å². The fourth-order valence-electron chi connectivity index (χ4n) is 2.93. The minimum atomic E-state index is 0.300. The summed E-state index contributed by atoms with van der Waals surface area (Å²) in [4.78, 5) is 13.6. The Kier molecular flexibility index (Phi) is 4.20. The van der Waals surface area contributed by atoms with Gasteiger partial charge in [0, 0.05) is 32.1 Å². The van der Waals surface area contributed by atoms with Crippen molar-refractivity contribution in [3.05, 3.63) is 48.0 Å². The Morgan fingerprint density at radius 2 is 2.00 bits per heavy atom. The molecule has 1 saturated heterocycles. The molecule has 0 saturated carbocycles. The number of likely N-dealkylation sites (tertiary alicyclic amines) is 1. The Morgan fingerprint density at radius 3 is 2.76 bits per heavy atom. The van der Waals surface area contributed by atoms with E-state index in [1.54, 1.807) is 0 Å². The number of amides is 1.